The molecule has 0 unspecified atom stereocenters. The van der Waals surface area contributed by atoms with Crippen LogP contribution in [0.1, 0.15) is 43.4 Å². The second kappa shape index (κ2) is 16.9. The highest BCUT2D eigenvalue weighted by molar-refractivity contribution is 7.97. The number of carbonyl (C=O) groups excluding carboxylic acids is 1. The van der Waals surface area contributed by atoms with Gasteiger partial charge in [-0.3, -0.25) is 9.54 Å². The molecule has 1 aromatic heterocycles. The van der Waals surface area contributed by atoms with Gasteiger partial charge in [-0.2, -0.15) is 8.42 Å². The lowest BCUT2D eigenvalue weighted by atomic mass is 9.90. The minimum atomic E-state index is -4.10. The summed E-state index contributed by atoms with van der Waals surface area (Å²) in [5.74, 6) is -0.798. The molecule has 252 valence electrons. The van der Waals surface area contributed by atoms with Crippen molar-refractivity contribution in [2.45, 2.75) is 51.0 Å². The molecule has 11 nitrogen and oxygen atoms in total. The van der Waals surface area contributed by atoms with Gasteiger partial charge in [0, 0.05) is 48.5 Å². The van der Waals surface area contributed by atoms with E-state index >= 15 is 0 Å². The minimum absolute atomic E-state index is 0.0177. The van der Waals surface area contributed by atoms with Crippen molar-refractivity contribution in [2.75, 3.05) is 37.7 Å². The smallest absolute Gasteiger partial charge is 0.314 e. The molecular formula is C31H42ClN5O6S3. The predicted octanol–water partition coefficient (Wildman–Crippen LogP) is 5.15. The Kier molecular flexibility index (Phi) is 13.9. The third-order valence-electron chi connectivity index (χ3n) is 7.33. The number of benzene rings is 2. The Bertz CT molecular complexity index is 1700. The zero-order chi connectivity index (χ0) is 34.0. The maximum Gasteiger partial charge on any atom is 0.314 e. The Morgan fingerprint density at radius 1 is 0.978 bits per heavy atom. The van der Waals surface area contributed by atoms with Crippen molar-refractivity contribution in [1.82, 2.24) is 24.6 Å². The molecule has 2 amide bonds. The number of hydrogen-bond donors (Lipinski definition) is 4. The molecule has 0 aliphatic carbocycles. The first-order valence-electron chi connectivity index (χ1n) is 14.8. The molecule has 0 saturated carbocycles. The number of nitrogens with zero attached hydrogens (tertiary/aromatic N) is 2. The molecule has 0 bridgehead atoms. The molecule has 46 heavy (non-hydrogen) atoms. The first-order valence-corrected chi connectivity index (χ1v) is 19.2. The van der Waals surface area contributed by atoms with Gasteiger partial charge >= 0.3 is 6.03 Å². The first-order chi connectivity index (χ1) is 21.6. The van der Waals surface area contributed by atoms with E-state index in [1.165, 1.54) is 0 Å². The number of amides is 2. The molecule has 3 aromatic rings. The largest absolute Gasteiger partial charge is 0.338 e. The average molecular weight is 712 g/mol. The minimum Gasteiger partial charge on any atom is -0.338 e. The number of pyridine rings is 1. The normalized spacial score (nSPS) is 12.3. The van der Waals surface area contributed by atoms with E-state index in [1.54, 1.807) is 18.1 Å². The Labute approximate surface area is 281 Å². The number of rotatable bonds is 17. The fourth-order valence-corrected chi connectivity index (χ4v) is 7.48. The van der Waals surface area contributed by atoms with E-state index in [4.69, 9.17) is 16.2 Å². The van der Waals surface area contributed by atoms with Gasteiger partial charge in [0.05, 0.1) is 17.0 Å². The number of sulfonamides is 1. The van der Waals surface area contributed by atoms with Crippen LogP contribution in [0, 0.1) is 13.8 Å². The summed E-state index contributed by atoms with van der Waals surface area (Å²) in [4.78, 5) is 17.1. The van der Waals surface area contributed by atoms with Gasteiger partial charge in [-0.15, -0.1) is 0 Å². The number of carbonyl (C=O) groups is 1. The van der Waals surface area contributed by atoms with Crippen LogP contribution in [0.25, 0.3) is 11.1 Å². The van der Waals surface area contributed by atoms with Crippen molar-refractivity contribution in [3.05, 3.63) is 82.6 Å². The van der Waals surface area contributed by atoms with E-state index in [0.29, 0.717) is 18.0 Å². The number of hydrogen-bond acceptors (Lipinski definition) is 8. The van der Waals surface area contributed by atoms with Crippen molar-refractivity contribution >= 4 is 49.7 Å². The van der Waals surface area contributed by atoms with Crippen molar-refractivity contribution < 1.29 is 26.2 Å². The summed E-state index contributed by atoms with van der Waals surface area (Å²) in [6, 6.07) is 15.6. The standard InChI is InChI=1S/C31H42ClN5O6S3/c1-23-22-33-16-13-27(23)25-9-5-10-26(21-25)31(3,4)37(44-29-12-6-11-28(32)24(29)2)18-7-15-36-45(39,40)20-17-35-30(38)34-14-8-19-46(41,42)43/h5-6,9-13,16,21-22,36H,7-8,14-15,17-20H2,1-4H3,(H2,34,35,38)(H,41,42,43). The van der Waals surface area contributed by atoms with E-state index < -0.39 is 37.5 Å². The molecule has 0 radical (unpaired) electrons. The number of aryl methyl sites for hydroxylation is 1. The zero-order valence-electron chi connectivity index (χ0n) is 26.4. The molecule has 0 atom stereocenters. The number of urea groups is 1. The van der Waals surface area contributed by atoms with E-state index in [2.05, 4.69) is 56.7 Å². The van der Waals surface area contributed by atoms with Crippen LogP contribution in [0.5, 0.6) is 0 Å². The van der Waals surface area contributed by atoms with Gasteiger partial charge in [-0.1, -0.05) is 35.9 Å². The molecular weight excluding hydrogens is 670 g/mol. The summed E-state index contributed by atoms with van der Waals surface area (Å²) in [5, 5.41) is 5.52. The van der Waals surface area contributed by atoms with Crippen LogP contribution in [0.3, 0.4) is 0 Å². The molecule has 1 heterocycles. The summed E-state index contributed by atoms with van der Waals surface area (Å²) in [7, 11) is -7.77. The summed E-state index contributed by atoms with van der Waals surface area (Å²) < 4.78 is 60.3. The summed E-state index contributed by atoms with van der Waals surface area (Å²) in [6.45, 7) is 8.93. The van der Waals surface area contributed by atoms with Crippen LogP contribution in [0.15, 0.2) is 65.8 Å². The lowest BCUT2D eigenvalue weighted by Crippen LogP contribution is -2.41. The van der Waals surface area contributed by atoms with E-state index in [1.807, 2.05) is 50.4 Å². The summed E-state index contributed by atoms with van der Waals surface area (Å²) >= 11 is 8.02. The van der Waals surface area contributed by atoms with Gasteiger partial charge in [0.25, 0.3) is 10.1 Å². The van der Waals surface area contributed by atoms with Gasteiger partial charge in [0.2, 0.25) is 10.0 Å². The highest BCUT2D eigenvalue weighted by Gasteiger charge is 2.30. The van der Waals surface area contributed by atoms with Crippen molar-refractivity contribution in [3.63, 3.8) is 0 Å². The molecule has 3 rings (SSSR count). The predicted molar refractivity (Wildman–Crippen MR) is 185 cm³/mol. The molecule has 0 spiro atoms. The quantitative estimate of drug-likeness (QED) is 0.0845. The molecule has 0 fully saturated rings. The van der Waals surface area contributed by atoms with Crippen LogP contribution < -0.4 is 15.4 Å². The fourth-order valence-electron chi connectivity index (χ4n) is 4.59. The average Bonchev–Trinajstić information content (AvgIpc) is 2.98. The molecule has 4 N–H and O–H groups in total. The SMILES string of the molecule is Cc1cnccc1-c1cccc(C(C)(C)N(CCCNS(=O)(=O)CCNC(=O)NCCCS(=O)(=O)O)Sc2cccc(Cl)c2C)c1. The topological polar surface area (TPSA) is 158 Å². The fraction of sp³-hybridized carbons (Fsp3) is 0.419. The molecule has 2 aromatic carbocycles. The lowest BCUT2D eigenvalue weighted by Gasteiger charge is -2.38. The first kappa shape index (κ1) is 37.7. The van der Waals surface area contributed by atoms with Crippen LogP contribution in [0.4, 0.5) is 4.79 Å². The second-order valence-corrected chi connectivity index (χ2v) is 16.2. The van der Waals surface area contributed by atoms with E-state index in [9.17, 15) is 21.6 Å². The van der Waals surface area contributed by atoms with Crippen molar-refractivity contribution in [1.29, 1.82) is 0 Å². The van der Waals surface area contributed by atoms with E-state index in [-0.39, 0.29) is 31.8 Å². The van der Waals surface area contributed by atoms with Gasteiger partial charge in [0.15, 0.2) is 0 Å². The molecule has 0 aliphatic heterocycles. The highest BCUT2D eigenvalue weighted by Crippen LogP contribution is 2.40. The summed E-state index contributed by atoms with van der Waals surface area (Å²) in [6.07, 6.45) is 4.18. The monoisotopic (exact) mass is 711 g/mol. The summed E-state index contributed by atoms with van der Waals surface area (Å²) in [5.41, 5.74) is 4.87. The Balaban J connectivity index is 1.64. The maximum absolute atomic E-state index is 12.6. The molecule has 0 aliphatic rings. The molecule has 15 heteroatoms. The van der Waals surface area contributed by atoms with Gasteiger partial charge in [-0.05, 0) is 105 Å². The third-order valence-corrected chi connectivity index (χ3v) is 11.4. The van der Waals surface area contributed by atoms with Gasteiger partial charge in [0.1, 0.15) is 0 Å². The highest BCUT2D eigenvalue weighted by atomic mass is 35.5. The lowest BCUT2D eigenvalue weighted by molar-refractivity contribution is 0.241. The Morgan fingerprint density at radius 3 is 2.41 bits per heavy atom. The third kappa shape index (κ3) is 11.8. The van der Waals surface area contributed by atoms with Crippen LogP contribution in [0.2, 0.25) is 5.02 Å². The number of aromatic nitrogens is 1. The van der Waals surface area contributed by atoms with Crippen molar-refractivity contribution in [2.24, 2.45) is 0 Å². The molecule has 0 saturated heterocycles. The van der Waals surface area contributed by atoms with Crippen LogP contribution >= 0.6 is 23.5 Å². The van der Waals surface area contributed by atoms with Gasteiger partial charge < -0.3 is 10.6 Å². The van der Waals surface area contributed by atoms with Crippen LogP contribution in [-0.2, 0) is 25.7 Å². The number of halogens is 1. The van der Waals surface area contributed by atoms with Crippen molar-refractivity contribution in [3.8, 4) is 11.1 Å². The van der Waals surface area contributed by atoms with Crippen LogP contribution in [-0.4, -0.2) is 74.4 Å². The van der Waals surface area contributed by atoms with E-state index in [0.717, 1.165) is 32.7 Å². The zero-order valence-corrected chi connectivity index (χ0v) is 29.6. The Hall–Kier alpha value is -2.72. The number of nitrogens with one attached hydrogen (secondary N) is 3. The van der Waals surface area contributed by atoms with Gasteiger partial charge in [-0.25, -0.2) is 22.2 Å². The Morgan fingerprint density at radius 2 is 1.70 bits per heavy atom. The second-order valence-electron chi connectivity index (χ2n) is 11.3. The maximum atomic E-state index is 12.6.